The van der Waals surface area contributed by atoms with E-state index in [1.54, 1.807) is 17.0 Å². The van der Waals surface area contributed by atoms with Crippen LogP contribution < -0.4 is 5.32 Å². The highest BCUT2D eigenvalue weighted by Crippen LogP contribution is 2.34. The quantitative estimate of drug-likeness (QED) is 0.930. The van der Waals surface area contributed by atoms with Gasteiger partial charge in [0.25, 0.3) is 0 Å². The molecule has 1 unspecified atom stereocenters. The molecule has 0 aromatic heterocycles. The third-order valence-corrected chi connectivity index (χ3v) is 4.05. The Hall–Kier alpha value is -1.56. The molecular formula is C16H21F3N2O. The normalized spacial score (nSPS) is 20.8. The minimum absolute atomic E-state index is 0.0185. The van der Waals surface area contributed by atoms with Gasteiger partial charge < -0.3 is 10.2 Å². The molecule has 6 heteroatoms. The number of amides is 1. The van der Waals surface area contributed by atoms with Crippen molar-refractivity contribution in [1.82, 2.24) is 10.2 Å². The fraction of sp³-hybridized carbons (Fsp3) is 0.562. The lowest BCUT2D eigenvalue weighted by molar-refractivity contribution is -0.146. The van der Waals surface area contributed by atoms with E-state index in [0.717, 1.165) is 19.0 Å². The minimum atomic E-state index is -4.24. The Kier molecular flexibility index (Phi) is 5.11. The fourth-order valence-corrected chi connectivity index (χ4v) is 2.56. The van der Waals surface area contributed by atoms with Gasteiger partial charge in [-0.2, -0.15) is 13.2 Å². The van der Waals surface area contributed by atoms with Crippen molar-refractivity contribution in [2.75, 3.05) is 19.6 Å². The van der Waals surface area contributed by atoms with Crippen molar-refractivity contribution in [2.45, 2.75) is 38.4 Å². The number of nitrogens with zero attached hydrogens (tertiary/aromatic N) is 1. The fourth-order valence-electron chi connectivity index (χ4n) is 2.56. The molecule has 0 spiro atoms. The summed E-state index contributed by atoms with van der Waals surface area (Å²) in [6.45, 7) is 5.28. The number of rotatable bonds is 3. The molecule has 1 aliphatic rings. The second kappa shape index (κ2) is 6.69. The van der Waals surface area contributed by atoms with Crippen LogP contribution in [0.25, 0.3) is 0 Å². The van der Waals surface area contributed by atoms with Crippen molar-refractivity contribution < 1.29 is 18.0 Å². The molecule has 0 bridgehead atoms. The van der Waals surface area contributed by atoms with E-state index < -0.39 is 12.1 Å². The van der Waals surface area contributed by atoms with E-state index in [4.69, 9.17) is 0 Å². The lowest BCUT2D eigenvalue weighted by atomic mass is 9.98. The van der Waals surface area contributed by atoms with E-state index in [1.165, 1.54) is 12.1 Å². The Morgan fingerprint density at radius 2 is 2.00 bits per heavy atom. The Bertz CT molecular complexity index is 513. The molecule has 2 atom stereocenters. The Morgan fingerprint density at radius 1 is 1.36 bits per heavy atom. The zero-order chi connectivity index (χ0) is 16.3. The maximum Gasteiger partial charge on any atom is 0.395 e. The number of carbonyl (C=O) groups excluding carboxylic acids is 1. The second-order valence-corrected chi connectivity index (χ2v) is 5.88. The van der Waals surface area contributed by atoms with Crippen molar-refractivity contribution in [3.63, 3.8) is 0 Å². The molecule has 22 heavy (non-hydrogen) atoms. The first-order valence-corrected chi connectivity index (χ1v) is 7.44. The molecule has 1 N–H and O–H groups in total. The van der Waals surface area contributed by atoms with Crippen LogP contribution in [0.15, 0.2) is 24.3 Å². The van der Waals surface area contributed by atoms with Crippen LogP contribution >= 0.6 is 0 Å². The topological polar surface area (TPSA) is 32.3 Å². The summed E-state index contributed by atoms with van der Waals surface area (Å²) >= 11 is 0. The zero-order valence-electron chi connectivity index (χ0n) is 12.8. The molecule has 2 rings (SSSR count). The molecule has 1 aromatic carbocycles. The predicted octanol–water partition coefficient (Wildman–Crippen LogP) is 2.72. The van der Waals surface area contributed by atoms with Gasteiger partial charge in [-0.15, -0.1) is 0 Å². The van der Waals surface area contributed by atoms with Crippen LogP contribution in [-0.4, -0.2) is 42.7 Å². The average molecular weight is 314 g/mol. The highest BCUT2D eigenvalue weighted by molar-refractivity contribution is 5.79. The van der Waals surface area contributed by atoms with Gasteiger partial charge >= 0.3 is 6.18 Å². The molecule has 1 heterocycles. The summed E-state index contributed by atoms with van der Waals surface area (Å²) in [5.74, 6) is -1.48. The Balaban J connectivity index is 1.98. The molecule has 0 radical (unpaired) electrons. The summed E-state index contributed by atoms with van der Waals surface area (Å²) in [7, 11) is 0. The van der Waals surface area contributed by atoms with Gasteiger partial charge in [0.05, 0.1) is 12.3 Å². The molecule has 122 valence electrons. The van der Waals surface area contributed by atoms with Crippen molar-refractivity contribution in [2.24, 2.45) is 0 Å². The summed E-state index contributed by atoms with van der Waals surface area (Å²) in [4.78, 5) is 14.0. The van der Waals surface area contributed by atoms with Crippen LogP contribution in [0.4, 0.5) is 13.2 Å². The van der Waals surface area contributed by atoms with Crippen molar-refractivity contribution in [3.05, 3.63) is 35.4 Å². The third-order valence-electron chi connectivity index (χ3n) is 4.05. The summed E-state index contributed by atoms with van der Waals surface area (Å²) in [5, 5.41) is 3.26. The van der Waals surface area contributed by atoms with Crippen LogP contribution in [0.3, 0.4) is 0 Å². The molecule has 1 saturated heterocycles. The molecule has 3 nitrogen and oxygen atoms in total. The largest absolute Gasteiger partial charge is 0.395 e. The molecule has 1 aromatic rings. The number of hydrogen-bond donors (Lipinski definition) is 1. The van der Waals surface area contributed by atoms with Crippen LogP contribution in [-0.2, 0) is 11.2 Å². The van der Waals surface area contributed by atoms with E-state index in [-0.39, 0.29) is 23.9 Å². The van der Waals surface area contributed by atoms with Crippen molar-refractivity contribution >= 4 is 5.91 Å². The molecular weight excluding hydrogens is 293 g/mol. The first kappa shape index (κ1) is 16.8. The number of carbonyl (C=O) groups is 1. The number of nitrogens with one attached hydrogen (secondary N) is 1. The maximum atomic E-state index is 12.7. The van der Waals surface area contributed by atoms with Gasteiger partial charge in [-0.05, 0) is 25.0 Å². The Morgan fingerprint density at radius 3 is 2.55 bits per heavy atom. The molecule has 0 saturated carbocycles. The molecule has 1 fully saturated rings. The van der Waals surface area contributed by atoms with E-state index in [1.807, 2.05) is 6.92 Å². The lowest BCUT2D eigenvalue weighted by Crippen LogP contribution is -2.51. The molecule has 1 aliphatic heterocycles. The first-order chi connectivity index (χ1) is 10.3. The number of alkyl halides is 3. The van der Waals surface area contributed by atoms with Crippen LogP contribution in [0.1, 0.15) is 30.9 Å². The molecule has 1 amide bonds. The average Bonchev–Trinajstić information content (AvgIpc) is 2.46. The number of benzene rings is 1. The van der Waals surface area contributed by atoms with Gasteiger partial charge in [-0.3, -0.25) is 4.79 Å². The first-order valence-electron chi connectivity index (χ1n) is 7.44. The summed E-state index contributed by atoms with van der Waals surface area (Å²) in [5.41, 5.74) is 0.966. The van der Waals surface area contributed by atoms with Gasteiger partial charge in [0.2, 0.25) is 5.91 Å². The predicted molar refractivity (Wildman–Crippen MR) is 78.7 cm³/mol. The van der Waals surface area contributed by atoms with E-state index in [0.29, 0.717) is 13.1 Å². The van der Waals surface area contributed by atoms with Crippen LogP contribution in [0.2, 0.25) is 0 Å². The van der Waals surface area contributed by atoms with Gasteiger partial charge in [0.15, 0.2) is 0 Å². The lowest BCUT2D eigenvalue weighted by Gasteiger charge is -2.32. The number of halogens is 3. The minimum Gasteiger partial charge on any atom is -0.340 e. The van der Waals surface area contributed by atoms with Crippen LogP contribution in [0, 0.1) is 0 Å². The van der Waals surface area contributed by atoms with Gasteiger partial charge in [-0.25, -0.2) is 0 Å². The monoisotopic (exact) mass is 314 g/mol. The van der Waals surface area contributed by atoms with Gasteiger partial charge in [0, 0.05) is 25.7 Å². The van der Waals surface area contributed by atoms with Crippen LogP contribution in [0.5, 0.6) is 0 Å². The van der Waals surface area contributed by atoms with Gasteiger partial charge in [0.1, 0.15) is 0 Å². The van der Waals surface area contributed by atoms with Crippen molar-refractivity contribution in [1.29, 1.82) is 0 Å². The standard InChI is InChI=1S/C16H21F3N2O/c1-11-10-21(8-7-20-11)15(22)9-13-3-5-14(6-4-13)12(2)16(17,18)19/h3-6,11-12,20H,7-10H2,1-2H3/t11-,12?/m0/s1. The maximum absolute atomic E-state index is 12.7. The smallest absolute Gasteiger partial charge is 0.340 e. The number of piperazine rings is 1. The van der Waals surface area contributed by atoms with Crippen molar-refractivity contribution in [3.8, 4) is 0 Å². The molecule has 0 aliphatic carbocycles. The summed E-state index contributed by atoms with van der Waals surface area (Å²) in [6.07, 6.45) is -4.01. The highest BCUT2D eigenvalue weighted by atomic mass is 19.4. The number of hydrogen-bond acceptors (Lipinski definition) is 2. The third kappa shape index (κ3) is 4.22. The Labute approximate surface area is 128 Å². The SMILES string of the molecule is CC(c1ccc(CC(=O)N2CCN[C@@H](C)C2)cc1)C(F)(F)F. The van der Waals surface area contributed by atoms with E-state index in [2.05, 4.69) is 5.32 Å². The zero-order valence-corrected chi connectivity index (χ0v) is 12.8. The van der Waals surface area contributed by atoms with E-state index in [9.17, 15) is 18.0 Å². The summed E-state index contributed by atoms with van der Waals surface area (Å²) < 4.78 is 38.0. The van der Waals surface area contributed by atoms with E-state index >= 15 is 0 Å². The summed E-state index contributed by atoms with van der Waals surface area (Å²) in [6, 6.07) is 6.41. The highest BCUT2D eigenvalue weighted by Gasteiger charge is 2.36. The van der Waals surface area contributed by atoms with Gasteiger partial charge in [-0.1, -0.05) is 24.3 Å². The second-order valence-electron chi connectivity index (χ2n) is 5.88.